The Morgan fingerprint density at radius 3 is 2.23 bits per heavy atom. The predicted octanol–water partition coefficient (Wildman–Crippen LogP) is 3.93. The zero-order chi connectivity index (χ0) is 18.7. The second kappa shape index (κ2) is 14.0. The summed E-state index contributed by atoms with van der Waals surface area (Å²) in [5.74, 6) is 1.27. The smallest absolute Gasteiger partial charge is 0.387 e. The van der Waals surface area contributed by atoms with Gasteiger partial charge in [-0.05, 0) is 30.5 Å². The van der Waals surface area contributed by atoms with E-state index in [1.165, 1.54) is 12.1 Å². The lowest BCUT2D eigenvalue weighted by Crippen LogP contribution is -2.39. The maximum atomic E-state index is 12.1. The molecule has 0 aliphatic carbocycles. The summed E-state index contributed by atoms with van der Waals surface area (Å²) in [7, 11) is 0. The minimum Gasteiger partial charge on any atom is -0.435 e. The summed E-state index contributed by atoms with van der Waals surface area (Å²) in [5, 5.41) is 16.5. The normalized spacial score (nSPS) is 12.7. The number of guanidine groups is 1. The highest BCUT2D eigenvalue weighted by Crippen LogP contribution is 2.19. The average Bonchev–Trinajstić information content (AvgIpc) is 2.60. The number of hydrogen-bond donors (Lipinski definition) is 3. The average molecular weight is 485 g/mol. The zero-order valence-corrected chi connectivity index (χ0v) is 17.9. The molecule has 1 aromatic carbocycles. The number of benzene rings is 1. The van der Waals surface area contributed by atoms with E-state index in [-0.39, 0.29) is 36.3 Å². The third kappa shape index (κ3) is 9.51. The molecule has 150 valence electrons. The topological polar surface area (TPSA) is 65.9 Å². The number of rotatable bonds is 10. The molecule has 8 heteroatoms. The second-order valence-electron chi connectivity index (χ2n) is 5.75. The number of hydrogen-bond acceptors (Lipinski definition) is 3. The number of alkyl halides is 2. The first-order valence-electron chi connectivity index (χ1n) is 8.75. The van der Waals surface area contributed by atoms with Crippen LogP contribution in [0.25, 0.3) is 0 Å². The van der Waals surface area contributed by atoms with Crippen LogP contribution in [0.1, 0.15) is 45.3 Å². The van der Waals surface area contributed by atoms with Crippen LogP contribution < -0.4 is 15.4 Å². The molecule has 0 aromatic heterocycles. The largest absolute Gasteiger partial charge is 0.435 e. The monoisotopic (exact) mass is 485 g/mol. The van der Waals surface area contributed by atoms with Crippen molar-refractivity contribution < 1.29 is 18.6 Å². The second-order valence-corrected chi connectivity index (χ2v) is 5.75. The summed E-state index contributed by atoms with van der Waals surface area (Å²) in [5.41, 5.74) is 0.616. The first-order chi connectivity index (χ1) is 12.0. The molecule has 1 atom stereocenters. The van der Waals surface area contributed by atoms with Crippen molar-refractivity contribution in [3.05, 3.63) is 29.8 Å². The molecular formula is C18H30F2IN3O2. The van der Waals surface area contributed by atoms with Crippen LogP contribution >= 0.6 is 24.0 Å². The summed E-state index contributed by atoms with van der Waals surface area (Å²) < 4.78 is 28.6. The van der Waals surface area contributed by atoms with Crippen molar-refractivity contribution in [2.24, 2.45) is 10.9 Å². The Morgan fingerprint density at radius 1 is 1.12 bits per heavy atom. The van der Waals surface area contributed by atoms with Crippen molar-refractivity contribution in [1.29, 1.82) is 0 Å². The van der Waals surface area contributed by atoms with Gasteiger partial charge in [0.25, 0.3) is 0 Å². The number of nitrogens with one attached hydrogen (secondary N) is 2. The fourth-order valence-electron chi connectivity index (χ4n) is 2.29. The highest BCUT2D eigenvalue weighted by Gasteiger charge is 2.10. The molecule has 1 aromatic rings. The third-order valence-electron chi connectivity index (χ3n) is 3.96. The summed E-state index contributed by atoms with van der Waals surface area (Å²) in [6.07, 6.45) is 1.38. The highest BCUT2D eigenvalue weighted by atomic mass is 127. The highest BCUT2D eigenvalue weighted by molar-refractivity contribution is 14.0. The summed E-state index contributed by atoms with van der Waals surface area (Å²) >= 11 is 0. The van der Waals surface area contributed by atoms with Gasteiger partial charge >= 0.3 is 6.61 Å². The Hall–Kier alpha value is -1.16. The van der Waals surface area contributed by atoms with Crippen LogP contribution in [0.5, 0.6) is 5.75 Å². The van der Waals surface area contributed by atoms with E-state index in [4.69, 9.17) is 0 Å². The van der Waals surface area contributed by atoms with Crippen LogP contribution in [0.4, 0.5) is 8.78 Å². The number of aliphatic imine (C=N–C) groups is 1. The van der Waals surface area contributed by atoms with Crippen LogP contribution in [0.15, 0.2) is 29.3 Å². The van der Waals surface area contributed by atoms with Gasteiger partial charge in [0.05, 0.1) is 6.10 Å². The van der Waals surface area contributed by atoms with Gasteiger partial charge in [0.15, 0.2) is 5.96 Å². The molecule has 0 spiro atoms. The molecule has 0 heterocycles. The van der Waals surface area contributed by atoms with Crippen molar-refractivity contribution in [2.75, 3.05) is 19.6 Å². The van der Waals surface area contributed by atoms with Gasteiger partial charge in [0.1, 0.15) is 5.75 Å². The molecule has 1 unspecified atom stereocenters. The molecule has 0 fully saturated rings. The first kappa shape index (κ1) is 24.8. The van der Waals surface area contributed by atoms with Gasteiger partial charge in [0.2, 0.25) is 0 Å². The van der Waals surface area contributed by atoms with E-state index < -0.39 is 12.7 Å². The van der Waals surface area contributed by atoms with E-state index in [1.807, 2.05) is 6.92 Å². The lowest BCUT2D eigenvalue weighted by atomic mass is 10.0. The number of ether oxygens (including phenoxy) is 1. The lowest BCUT2D eigenvalue weighted by molar-refractivity contribution is -0.0498. The molecule has 0 radical (unpaired) electrons. The van der Waals surface area contributed by atoms with Crippen molar-refractivity contribution in [1.82, 2.24) is 10.6 Å². The third-order valence-corrected chi connectivity index (χ3v) is 3.96. The Morgan fingerprint density at radius 2 is 1.73 bits per heavy atom. The van der Waals surface area contributed by atoms with Crippen LogP contribution in [-0.4, -0.2) is 37.3 Å². The lowest BCUT2D eigenvalue weighted by Gasteiger charge is -2.17. The SMILES string of the molecule is CCNC(=NCC(CC)CC)NCC(O)c1ccc(OC(F)F)cc1.I. The summed E-state index contributed by atoms with van der Waals surface area (Å²) in [6.45, 7) is 5.15. The summed E-state index contributed by atoms with van der Waals surface area (Å²) in [4.78, 5) is 4.55. The van der Waals surface area contributed by atoms with Gasteiger partial charge in [-0.25, -0.2) is 0 Å². The van der Waals surface area contributed by atoms with Gasteiger partial charge in [-0.15, -0.1) is 24.0 Å². The van der Waals surface area contributed by atoms with Crippen molar-refractivity contribution in [2.45, 2.75) is 46.3 Å². The molecule has 0 aliphatic heterocycles. The Bertz CT molecular complexity index is 512. The minimum absolute atomic E-state index is 0. The molecular weight excluding hydrogens is 455 g/mol. The fourth-order valence-corrected chi connectivity index (χ4v) is 2.29. The van der Waals surface area contributed by atoms with E-state index in [9.17, 15) is 13.9 Å². The van der Waals surface area contributed by atoms with Crippen molar-refractivity contribution in [3.63, 3.8) is 0 Å². The predicted molar refractivity (Wildman–Crippen MR) is 112 cm³/mol. The van der Waals surface area contributed by atoms with Gasteiger partial charge in [-0.1, -0.05) is 38.8 Å². The van der Waals surface area contributed by atoms with Gasteiger partial charge in [-0.3, -0.25) is 4.99 Å². The van der Waals surface area contributed by atoms with Crippen molar-refractivity contribution >= 4 is 29.9 Å². The number of halogens is 3. The maximum Gasteiger partial charge on any atom is 0.387 e. The summed E-state index contributed by atoms with van der Waals surface area (Å²) in [6, 6.07) is 5.96. The Labute approximate surface area is 171 Å². The number of nitrogens with zero attached hydrogens (tertiary/aromatic N) is 1. The van der Waals surface area contributed by atoms with Crippen LogP contribution in [0.2, 0.25) is 0 Å². The molecule has 26 heavy (non-hydrogen) atoms. The Balaban J connectivity index is 0.00000625. The van der Waals surface area contributed by atoms with E-state index in [1.54, 1.807) is 12.1 Å². The van der Waals surface area contributed by atoms with Crippen LogP contribution in [-0.2, 0) is 0 Å². The molecule has 0 saturated heterocycles. The molecule has 0 aliphatic rings. The van der Waals surface area contributed by atoms with E-state index in [0.29, 0.717) is 17.4 Å². The fraction of sp³-hybridized carbons (Fsp3) is 0.611. The maximum absolute atomic E-state index is 12.1. The Kier molecular flexibility index (Phi) is 13.3. The molecule has 1 rings (SSSR count). The standard InChI is InChI=1S/C18H29F2N3O2.HI/c1-4-13(5-2)11-22-18(21-6-3)23-12-16(24)14-7-9-15(10-8-14)25-17(19)20;/h7-10,13,16-17,24H,4-6,11-12H2,1-3H3,(H2,21,22,23);1H. The first-order valence-corrected chi connectivity index (χ1v) is 8.75. The molecule has 0 saturated carbocycles. The molecule has 0 amide bonds. The van der Waals surface area contributed by atoms with Gasteiger partial charge in [0, 0.05) is 19.6 Å². The van der Waals surface area contributed by atoms with Crippen LogP contribution in [0.3, 0.4) is 0 Å². The quantitative estimate of drug-likeness (QED) is 0.267. The number of aliphatic hydroxyl groups excluding tert-OH is 1. The zero-order valence-electron chi connectivity index (χ0n) is 15.5. The van der Waals surface area contributed by atoms with Gasteiger partial charge < -0.3 is 20.5 Å². The van der Waals surface area contributed by atoms with E-state index in [2.05, 4.69) is 34.2 Å². The minimum atomic E-state index is -2.86. The molecule has 0 bridgehead atoms. The van der Waals surface area contributed by atoms with Crippen molar-refractivity contribution in [3.8, 4) is 5.75 Å². The molecule has 5 nitrogen and oxygen atoms in total. The number of aliphatic hydroxyl groups is 1. The van der Waals surface area contributed by atoms with Gasteiger partial charge in [-0.2, -0.15) is 8.78 Å². The molecule has 3 N–H and O–H groups in total. The van der Waals surface area contributed by atoms with E-state index in [0.717, 1.165) is 25.9 Å². The van der Waals surface area contributed by atoms with Crippen LogP contribution in [0, 0.1) is 5.92 Å². The van der Waals surface area contributed by atoms with E-state index >= 15 is 0 Å².